The fourth-order valence-corrected chi connectivity index (χ4v) is 2.28. The molecule has 1 rings (SSSR count). The highest BCUT2D eigenvalue weighted by Gasteiger charge is 2.22. The summed E-state index contributed by atoms with van der Waals surface area (Å²) in [5, 5.41) is 3.26. The first-order chi connectivity index (χ1) is 7.15. The van der Waals surface area contributed by atoms with Gasteiger partial charge in [-0.15, -0.1) is 0 Å². The van der Waals surface area contributed by atoms with E-state index in [0.717, 1.165) is 18.4 Å². The minimum Gasteiger partial charge on any atom is -0.468 e. The van der Waals surface area contributed by atoms with Crippen LogP contribution < -0.4 is 5.32 Å². The Morgan fingerprint density at radius 3 is 2.73 bits per heavy atom. The second-order valence-corrected chi connectivity index (χ2v) is 4.67. The molecule has 0 heterocycles. The molecule has 1 N–H and O–H groups in total. The number of hydrogen-bond donors (Lipinski definition) is 1. The minimum atomic E-state index is -0.177. The molecule has 88 valence electrons. The van der Waals surface area contributed by atoms with Crippen LogP contribution in [-0.4, -0.2) is 25.7 Å². The summed E-state index contributed by atoms with van der Waals surface area (Å²) in [4.78, 5) is 11.2. The van der Waals surface area contributed by atoms with Crippen LogP contribution >= 0.6 is 0 Å². The number of rotatable bonds is 4. The molecule has 3 unspecified atom stereocenters. The smallest absolute Gasteiger partial charge is 0.322 e. The van der Waals surface area contributed by atoms with Crippen LogP contribution in [0, 0.1) is 11.8 Å². The van der Waals surface area contributed by atoms with E-state index in [1.807, 2.05) is 6.92 Å². The van der Waals surface area contributed by atoms with Crippen molar-refractivity contribution in [3.63, 3.8) is 0 Å². The number of methoxy groups -OCH3 is 1. The van der Waals surface area contributed by atoms with Crippen LogP contribution in [-0.2, 0) is 9.53 Å². The maximum Gasteiger partial charge on any atom is 0.322 e. The van der Waals surface area contributed by atoms with Crippen molar-refractivity contribution < 1.29 is 9.53 Å². The lowest BCUT2D eigenvalue weighted by Crippen LogP contribution is -2.39. The van der Waals surface area contributed by atoms with Crippen molar-refractivity contribution in [2.75, 3.05) is 13.7 Å². The van der Waals surface area contributed by atoms with Gasteiger partial charge in [0.2, 0.25) is 0 Å². The van der Waals surface area contributed by atoms with E-state index < -0.39 is 0 Å². The van der Waals surface area contributed by atoms with Gasteiger partial charge in [-0.3, -0.25) is 4.79 Å². The maximum absolute atomic E-state index is 11.2. The predicted octanol–water partition coefficient (Wildman–Crippen LogP) is 1.96. The molecule has 0 radical (unpaired) electrons. The summed E-state index contributed by atoms with van der Waals surface area (Å²) in [6.07, 6.45) is 5.33. The maximum atomic E-state index is 11.2. The number of carbonyl (C=O) groups is 1. The molecular formula is C12H23NO2. The van der Waals surface area contributed by atoms with Crippen LogP contribution in [0.4, 0.5) is 0 Å². The third-order valence-electron chi connectivity index (χ3n) is 3.53. The number of esters is 1. The van der Waals surface area contributed by atoms with Gasteiger partial charge >= 0.3 is 5.97 Å². The van der Waals surface area contributed by atoms with E-state index in [1.165, 1.54) is 32.8 Å². The van der Waals surface area contributed by atoms with E-state index in [-0.39, 0.29) is 12.0 Å². The van der Waals surface area contributed by atoms with Crippen molar-refractivity contribution >= 4 is 5.97 Å². The summed E-state index contributed by atoms with van der Waals surface area (Å²) in [5.74, 6) is 1.35. The lowest BCUT2D eigenvalue weighted by atomic mass is 9.80. The van der Waals surface area contributed by atoms with Gasteiger partial charge in [0.1, 0.15) is 6.04 Å². The van der Waals surface area contributed by atoms with Crippen molar-refractivity contribution in [2.24, 2.45) is 11.8 Å². The second kappa shape index (κ2) is 6.11. The van der Waals surface area contributed by atoms with Gasteiger partial charge in [0.25, 0.3) is 0 Å². The van der Waals surface area contributed by atoms with Gasteiger partial charge in [-0.1, -0.05) is 26.2 Å². The largest absolute Gasteiger partial charge is 0.468 e. The van der Waals surface area contributed by atoms with E-state index in [4.69, 9.17) is 0 Å². The lowest BCUT2D eigenvalue weighted by molar-refractivity contribution is -0.142. The summed E-state index contributed by atoms with van der Waals surface area (Å²) >= 11 is 0. The Bertz CT molecular complexity index is 206. The van der Waals surface area contributed by atoms with Gasteiger partial charge in [0, 0.05) is 0 Å². The van der Waals surface area contributed by atoms with Gasteiger partial charge in [-0.25, -0.2) is 0 Å². The molecule has 0 aliphatic heterocycles. The Kier molecular flexibility index (Phi) is 5.09. The summed E-state index contributed by atoms with van der Waals surface area (Å²) in [7, 11) is 1.43. The number of nitrogens with one attached hydrogen (secondary N) is 1. The summed E-state index contributed by atoms with van der Waals surface area (Å²) in [6, 6.07) is -0.177. The third kappa shape index (κ3) is 3.82. The number of hydrogen-bond acceptors (Lipinski definition) is 3. The molecule has 0 aromatic carbocycles. The van der Waals surface area contributed by atoms with Gasteiger partial charge in [0.05, 0.1) is 7.11 Å². The first kappa shape index (κ1) is 12.5. The Morgan fingerprint density at radius 2 is 2.13 bits per heavy atom. The van der Waals surface area contributed by atoms with E-state index in [1.54, 1.807) is 0 Å². The van der Waals surface area contributed by atoms with Gasteiger partial charge < -0.3 is 10.1 Å². The average Bonchev–Trinajstić information content (AvgIpc) is 2.26. The average molecular weight is 213 g/mol. The Balaban J connectivity index is 2.26. The molecule has 0 aromatic rings. The quantitative estimate of drug-likeness (QED) is 0.726. The minimum absolute atomic E-state index is 0.168. The summed E-state index contributed by atoms with van der Waals surface area (Å²) in [5.41, 5.74) is 0. The zero-order chi connectivity index (χ0) is 11.3. The normalized spacial score (nSPS) is 28.5. The van der Waals surface area contributed by atoms with E-state index in [2.05, 4.69) is 17.0 Å². The van der Waals surface area contributed by atoms with Crippen molar-refractivity contribution in [1.82, 2.24) is 5.32 Å². The molecule has 3 nitrogen and oxygen atoms in total. The zero-order valence-corrected chi connectivity index (χ0v) is 10.1. The SMILES string of the molecule is COC(=O)C(C)NCC1CCCCC1C. The van der Waals surface area contributed by atoms with Gasteiger partial charge in [0.15, 0.2) is 0 Å². The van der Waals surface area contributed by atoms with Crippen LogP contribution in [0.5, 0.6) is 0 Å². The van der Waals surface area contributed by atoms with Crippen molar-refractivity contribution in [2.45, 2.75) is 45.6 Å². The summed E-state index contributed by atoms with van der Waals surface area (Å²) < 4.78 is 4.68. The topological polar surface area (TPSA) is 38.3 Å². The molecule has 15 heavy (non-hydrogen) atoms. The molecule has 0 bridgehead atoms. The first-order valence-electron chi connectivity index (χ1n) is 5.96. The Labute approximate surface area is 92.6 Å². The molecule has 1 aliphatic carbocycles. The van der Waals surface area contributed by atoms with E-state index in [9.17, 15) is 4.79 Å². The molecule has 0 spiro atoms. The zero-order valence-electron chi connectivity index (χ0n) is 10.1. The molecule has 3 atom stereocenters. The third-order valence-corrected chi connectivity index (χ3v) is 3.53. The second-order valence-electron chi connectivity index (χ2n) is 4.67. The van der Waals surface area contributed by atoms with Crippen molar-refractivity contribution in [3.05, 3.63) is 0 Å². The standard InChI is InChI=1S/C12H23NO2/c1-9-6-4-5-7-11(9)8-13-10(2)12(14)15-3/h9-11,13H,4-8H2,1-3H3. The van der Waals surface area contributed by atoms with Crippen molar-refractivity contribution in [1.29, 1.82) is 0 Å². The molecular weight excluding hydrogens is 190 g/mol. The highest BCUT2D eigenvalue weighted by Crippen LogP contribution is 2.28. The summed E-state index contributed by atoms with van der Waals surface area (Å²) in [6.45, 7) is 5.12. The monoisotopic (exact) mass is 213 g/mol. The van der Waals surface area contributed by atoms with Crippen LogP contribution in [0.2, 0.25) is 0 Å². The lowest BCUT2D eigenvalue weighted by Gasteiger charge is -2.29. The number of ether oxygens (including phenoxy) is 1. The fourth-order valence-electron chi connectivity index (χ4n) is 2.28. The van der Waals surface area contributed by atoms with E-state index in [0.29, 0.717) is 0 Å². The Hall–Kier alpha value is -0.570. The fraction of sp³-hybridized carbons (Fsp3) is 0.917. The van der Waals surface area contributed by atoms with Crippen LogP contribution in [0.25, 0.3) is 0 Å². The van der Waals surface area contributed by atoms with Crippen LogP contribution in [0.1, 0.15) is 39.5 Å². The first-order valence-corrected chi connectivity index (χ1v) is 5.96. The van der Waals surface area contributed by atoms with Crippen molar-refractivity contribution in [3.8, 4) is 0 Å². The Morgan fingerprint density at radius 1 is 1.47 bits per heavy atom. The highest BCUT2D eigenvalue weighted by molar-refractivity contribution is 5.75. The van der Waals surface area contributed by atoms with Crippen LogP contribution in [0.3, 0.4) is 0 Å². The van der Waals surface area contributed by atoms with E-state index >= 15 is 0 Å². The molecule has 0 saturated heterocycles. The molecule has 0 aromatic heterocycles. The number of carbonyl (C=O) groups excluding carboxylic acids is 1. The van der Waals surface area contributed by atoms with Crippen LogP contribution in [0.15, 0.2) is 0 Å². The molecule has 1 saturated carbocycles. The molecule has 1 fully saturated rings. The highest BCUT2D eigenvalue weighted by atomic mass is 16.5. The van der Waals surface area contributed by atoms with Gasteiger partial charge in [-0.05, 0) is 31.7 Å². The molecule has 1 aliphatic rings. The molecule has 3 heteroatoms. The van der Waals surface area contributed by atoms with Gasteiger partial charge in [-0.2, -0.15) is 0 Å². The molecule has 0 amide bonds. The predicted molar refractivity (Wildman–Crippen MR) is 60.6 cm³/mol.